The minimum Gasteiger partial charge on any atom is -0.497 e. The van der Waals surface area contributed by atoms with Crippen LogP contribution in [0, 0.1) is 5.82 Å². The molecule has 1 fully saturated rings. The van der Waals surface area contributed by atoms with Gasteiger partial charge in [-0.2, -0.15) is 0 Å². The number of nitrogens with one attached hydrogen (secondary N) is 1. The SMILES string of the molecule is COc1ccc(CN2CCc3oc(C(=O)NC[C@H]4CN(C)CCO4)nc3C2)c(F)c1. The number of likely N-dealkylation sites (N-methyl/N-ethyl adjacent to an activating group) is 1. The molecule has 1 aromatic heterocycles. The molecule has 1 aromatic carbocycles. The van der Waals surface area contributed by atoms with Gasteiger partial charge in [0.05, 0.1) is 25.5 Å². The van der Waals surface area contributed by atoms with Crippen molar-refractivity contribution < 1.29 is 23.1 Å². The molecule has 1 N–H and O–H groups in total. The van der Waals surface area contributed by atoms with Gasteiger partial charge in [0.15, 0.2) is 0 Å². The lowest BCUT2D eigenvalue weighted by Gasteiger charge is -2.29. The van der Waals surface area contributed by atoms with Gasteiger partial charge in [-0.25, -0.2) is 9.37 Å². The first-order valence-corrected chi connectivity index (χ1v) is 10.1. The number of nitrogens with zero attached hydrogens (tertiary/aromatic N) is 3. The molecule has 0 bridgehead atoms. The molecule has 2 aromatic rings. The number of aromatic nitrogens is 1. The van der Waals surface area contributed by atoms with Gasteiger partial charge in [-0.05, 0) is 13.1 Å². The van der Waals surface area contributed by atoms with Gasteiger partial charge in [-0.15, -0.1) is 0 Å². The second-order valence-electron chi connectivity index (χ2n) is 7.77. The molecule has 3 heterocycles. The molecule has 1 saturated heterocycles. The number of carbonyl (C=O) groups is 1. The van der Waals surface area contributed by atoms with Gasteiger partial charge in [0.25, 0.3) is 5.89 Å². The summed E-state index contributed by atoms with van der Waals surface area (Å²) in [6.45, 7) is 4.42. The highest BCUT2D eigenvalue weighted by molar-refractivity contribution is 5.89. The molecule has 4 rings (SSSR count). The zero-order valence-electron chi connectivity index (χ0n) is 17.3. The summed E-state index contributed by atoms with van der Waals surface area (Å²) in [7, 11) is 3.54. The van der Waals surface area contributed by atoms with Crippen LogP contribution in [0.2, 0.25) is 0 Å². The van der Waals surface area contributed by atoms with E-state index in [9.17, 15) is 9.18 Å². The van der Waals surface area contributed by atoms with E-state index in [1.54, 1.807) is 12.1 Å². The molecule has 0 unspecified atom stereocenters. The van der Waals surface area contributed by atoms with Crippen LogP contribution in [0.3, 0.4) is 0 Å². The molecule has 162 valence electrons. The van der Waals surface area contributed by atoms with E-state index in [0.29, 0.717) is 50.5 Å². The summed E-state index contributed by atoms with van der Waals surface area (Å²) in [5.74, 6) is 0.654. The van der Waals surface area contributed by atoms with Crippen LogP contribution in [0.25, 0.3) is 0 Å². The molecule has 9 heteroatoms. The van der Waals surface area contributed by atoms with Crippen LogP contribution in [0.15, 0.2) is 22.6 Å². The van der Waals surface area contributed by atoms with Gasteiger partial charge in [-0.1, -0.05) is 6.07 Å². The van der Waals surface area contributed by atoms with Gasteiger partial charge in [0.2, 0.25) is 0 Å². The lowest BCUT2D eigenvalue weighted by atomic mass is 10.1. The number of oxazole rings is 1. The Morgan fingerprint density at radius 1 is 1.40 bits per heavy atom. The lowest BCUT2D eigenvalue weighted by Crippen LogP contribution is -2.45. The van der Waals surface area contributed by atoms with Gasteiger partial charge < -0.3 is 24.1 Å². The summed E-state index contributed by atoms with van der Waals surface area (Å²) in [6.07, 6.45) is 0.594. The highest BCUT2D eigenvalue weighted by Gasteiger charge is 2.26. The Bertz CT molecular complexity index is 903. The monoisotopic (exact) mass is 418 g/mol. The quantitative estimate of drug-likeness (QED) is 0.760. The molecule has 8 nitrogen and oxygen atoms in total. The van der Waals surface area contributed by atoms with Crippen molar-refractivity contribution in [2.24, 2.45) is 0 Å². The number of fused-ring (bicyclic) bond motifs is 1. The Morgan fingerprint density at radius 2 is 2.27 bits per heavy atom. The fourth-order valence-corrected chi connectivity index (χ4v) is 3.78. The van der Waals surface area contributed by atoms with Crippen molar-refractivity contribution in [2.45, 2.75) is 25.6 Å². The summed E-state index contributed by atoms with van der Waals surface area (Å²) in [5.41, 5.74) is 1.33. The number of rotatable bonds is 6. The number of methoxy groups -OCH3 is 1. The predicted molar refractivity (Wildman–Crippen MR) is 107 cm³/mol. The molecule has 2 aliphatic rings. The summed E-state index contributed by atoms with van der Waals surface area (Å²) in [4.78, 5) is 21.1. The number of carbonyl (C=O) groups excluding carboxylic acids is 1. The van der Waals surface area contributed by atoms with E-state index in [1.165, 1.54) is 13.2 Å². The minimum atomic E-state index is -0.339. The molecule has 0 saturated carbocycles. The molecule has 30 heavy (non-hydrogen) atoms. The van der Waals surface area contributed by atoms with E-state index in [1.807, 2.05) is 7.05 Å². The number of hydrogen-bond acceptors (Lipinski definition) is 7. The van der Waals surface area contributed by atoms with Gasteiger partial charge in [-0.3, -0.25) is 9.69 Å². The van der Waals surface area contributed by atoms with Crippen LogP contribution >= 0.6 is 0 Å². The molecule has 0 aliphatic carbocycles. The van der Waals surface area contributed by atoms with Gasteiger partial charge in [0, 0.05) is 57.3 Å². The third kappa shape index (κ3) is 4.80. The smallest absolute Gasteiger partial charge is 0.307 e. The zero-order chi connectivity index (χ0) is 21.1. The van der Waals surface area contributed by atoms with Crippen molar-refractivity contribution in [1.82, 2.24) is 20.1 Å². The molecule has 1 atom stereocenters. The second kappa shape index (κ2) is 9.11. The summed E-state index contributed by atoms with van der Waals surface area (Å²) >= 11 is 0. The van der Waals surface area contributed by atoms with Crippen LogP contribution < -0.4 is 10.1 Å². The first kappa shape index (κ1) is 20.8. The third-order valence-corrected chi connectivity index (χ3v) is 5.49. The molecular formula is C21H27FN4O4. The van der Waals surface area contributed by atoms with E-state index in [-0.39, 0.29) is 23.7 Å². The highest BCUT2D eigenvalue weighted by Crippen LogP contribution is 2.23. The van der Waals surface area contributed by atoms with Gasteiger partial charge in [0.1, 0.15) is 17.3 Å². The maximum absolute atomic E-state index is 14.3. The van der Waals surface area contributed by atoms with Gasteiger partial charge >= 0.3 is 5.91 Å². The molecule has 0 radical (unpaired) electrons. The lowest BCUT2D eigenvalue weighted by molar-refractivity contribution is -0.0176. The molecule has 0 spiro atoms. The largest absolute Gasteiger partial charge is 0.497 e. The number of halogens is 1. The Morgan fingerprint density at radius 3 is 3.03 bits per heavy atom. The summed E-state index contributed by atoms with van der Waals surface area (Å²) in [6, 6.07) is 4.87. The van der Waals surface area contributed by atoms with Crippen molar-refractivity contribution >= 4 is 5.91 Å². The summed E-state index contributed by atoms with van der Waals surface area (Å²) < 4.78 is 30.7. The van der Waals surface area contributed by atoms with E-state index in [4.69, 9.17) is 13.9 Å². The third-order valence-electron chi connectivity index (χ3n) is 5.49. The average molecular weight is 418 g/mol. The topological polar surface area (TPSA) is 80.1 Å². The Balaban J connectivity index is 1.34. The van der Waals surface area contributed by atoms with Crippen LogP contribution in [-0.2, 0) is 24.2 Å². The van der Waals surface area contributed by atoms with Crippen molar-refractivity contribution in [1.29, 1.82) is 0 Å². The van der Waals surface area contributed by atoms with E-state index in [0.717, 1.165) is 24.5 Å². The Hall–Kier alpha value is -2.49. The Kier molecular flexibility index (Phi) is 6.31. The van der Waals surface area contributed by atoms with Crippen molar-refractivity contribution in [3.8, 4) is 5.75 Å². The van der Waals surface area contributed by atoms with E-state index in [2.05, 4.69) is 20.1 Å². The average Bonchev–Trinajstić information content (AvgIpc) is 3.17. The molecule has 1 amide bonds. The van der Waals surface area contributed by atoms with Crippen LogP contribution in [0.4, 0.5) is 4.39 Å². The second-order valence-corrected chi connectivity index (χ2v) is 7.77. The molecular weight excluding hydrogens is 391 g/mol. The summed E-state index contributed by atoms with van der Waals surface area (Å²) in [5, 5.41) is 2.85. The maximum atomic E-state index is 14.3. The fraction of sp³-hybridized carbons (Fsp3) is 0.524. The number of amides is 1. The first-order chi connectivity index (χ1) is 14.5. The number of hydrogen-bond donors (Lipinski definition) is 1. The van der Waals surface area contributed by atoms with Crippen LogP contribution in [0.5, 0.6) is 5.75 Å². The van der Waals surface area contributed by atoms with Crippen LogP contribution in [0.1, 0.15) is 27.7 Å². The predicted octanol–water partition coefficient (Wildman–Crippen LogP) is 1.44. The molecule has 2 aliphatic heterocycles. The van der Waals surface area contributed by atoms with Crippen molar-refractivity contribution in [2.75, 3.05) is 46.9 Å². The Labute approximate surface area is 174 Å². The highest BCUT2D eigenvalue weighted by atomic mass is 19.1. The zero-order valence-corrected chi connectivity index (χ0v) is 17.3. The van der Waals surface area contributed by atoms with Crippen molar-refractivity contribution in [3.63, 3.8) is 0 Å². The number of benzene rings is 1. The first-order valence-electron chi connectivity index (χ1n) is 10.1. The minimum absolute atomic E-state index is 0.0350. The van der Waals surface area contributed by atoms with E-state index < -0.39 is 0 Å². The van der Waals surface area contributed by atoms with E-state index >= 15 is 0 Å². The van der Waals surface area contributed by atoms with Crippen molar-refractivity contribution in [3.05, 3.63) is 46.9 Å². The maximum Gasteiger partial charge on any atom is 0.307 e. The standard InChI is InChI=1S/C21H27FN4O4/c1-25-7-8-29-16(12-25)10-23-20(27)21-24-18-13-26(6-5-19(18)30-21)11-14-3-4-15(28-2)9-17(14)22/h3-4,9,16H,5-8,10-13H2,1-2H3,(H,23,27)/t16-/m0/s1. The number of morpholine rings is 1. The fourth-order valence-electron chi connectivity index (χ4n) is 3.78. The van der Waals surface area contributed by atoms with Crippen LogP contribution in [-0.4, -0.2) is 73.7 Å². The number of ether oxygens (including phenoxy) is 2. The normalized spacial score (nSPS) is 20.0.